The molecule has 1 aliphatic rings. The maximum Gasteiger partial charge on any atom is 0.0973 e. The van der Waals surface area contributed by atoms with E-state index in [9.17, 15) is 0 Å². The molecule has 0 aromatic heterocycles. The second kappa shape index (κ2) is 5.02. The van der Waals surface area contributed by atoms with E-state index in [1.54, 1.807) is 0 Å². The summed E-state index contributed by atoms with van der Waals surface area (Å²) in [5.41, 5.74) is 9.56. The van der Waals surface area contributed by atoms with E-state index in [4.69, 9.17) is 5.73 Å². The number of nitrogens with one attached hydrogen (secondary N) is 1. The van der Waals surface area contributed by atoms with Crippen LogP contribution in [0.15, 0.2) is 78.6 Å². The van der Waals surface area contributed by atoms with E-state index in [1.165, 1.54) is 11.1 Å². The van der Waals surface area contributed by atoms with Gasteiger partial charge in [0.05, 0.1) is 11.9 Å². The Labute approximate surface area is 113 Å². The van der Waals surface area contributed by atoms with Crippen molar-refractivity contribution in [1.82, 2.24) is 5.32 Å². The number of rotatable bonds is 2. The molecule has 0 fully saturated rings. The molecule has 0 amide bonds. The topological polar surface area (TPSA) is 38.0 Å². The highest BCUT2D eigenvalue weighted by molar-refractivity contribution is 5.76. The van der Waals surface area contributed by atoms with E-state index in [0.717, 1.165) is 5.57 Å². The Hall–Kier alpha value is -2.48. The van der Waals surface area contributed by atoms with Gasteiger partial charge in [-0.05, 0) is 28.9 Å². The first-order valence-electron chi connectivity index (χ1n) is 6.39. The Bertz CT molecular complexity index is 612. The molecule has 2 aromatic carbocycles. The average Bonchev–Trinajstić information content (AvgIpc) is 2.48. The Kier molecular flexibility index (Phi) is 3.07. The maximum absolute atomic E-state index is 6.00. The molecule has 1 aliphatic heterocycles. The second-order valence-corrected chi connectivity index (χ2v) is 4.62. The van der Waals surface area contributed by atoms with Gasteiger partial charge in [-0.25, -0.2) is 0 Å². The van der Waals surface area contributed by atoms with Crippen LogP contribution in [0.1, 0.15) is 17.2 Å². The van der Waals surface area contributed by atoms with E-state index in [-0.39, 0.29) is 6.04 Å². The number of benzene rings is 2. The van der Waals surface area contributed by atoms with Gasteiger partial charge in [-0.2, -0.15) is 0 Å². The Morgan fingerprint density at radius 1 is 0.842 bits per heavy atom. The first kappa shape index (κ1) is 11.6. The van der Waals surface area contributed by atoms with Gasteiger partial charge in [0.15, 0.2) is 0 Å². The lowest BCUT2D eigenvalue weighted by molar-refractivity contribution is 0.699. The van der Waals surface area contributed by atoms with Gasteiger partial charge in [-0.3, -0.25) is 0 Å². The van der Waals surface area contributed by atoms with Crippen molar-refractivity contribution >= 4 is 5.57 Å². The molecule has 0 saturated carbocycles. The minimum absolute atomic E-state index is 0.126. The molecule has 2 nitrogen and oxygen atoms in total. The van der Waals surface area contributed by atoms with Gasteiger partial charge >= 0.3 is 0 Å². The van der Waals surface area contributed by atoms with Crippen molar-refractivity contribution in [3.05, 3.63) is 89.8 Å². The average molecular weight is 248 g/mol. The molecule has 2 heteroatoms. The molecule has 94 valence electrons. The number of nitrogens with two attached hydrogens (primary N) is 1. The molecular weight excluding hydrogens is 232 g/mol. The van der Waals surface area contributed by atoms with Gasteiger partial charge in [0.25, 0.3) is 0 Å². The van der Waals surface area contributed by atoms with E-state index in [0.29, 0.717) is 5.82 Å². The van der Waals surface area contributed by atoms with Crippen LogP contribution in [-0.2, 0) is 0 Å². The quantitative estimate of drug-likeness (QED) is 0.856. The van der Waals surface area contributed by atoms with Crippen LogP contribution in [0, 0.1) is 0 Å². The summed E-state index contributed by atoms with van der Waals surface area (Å²) in [4.78, 5) is 0. The molecule has 1 unspecified atom stereocenters. The zero-order valence-electron chi connectivity index (χ0n) is 10.6. The van der Waals surface area contributed by atoms with Crippen molar-refractivity contribution < 1.29 is 0 Å². The summed E-state index contributed by atoms with van der Waals surface area (Å²) < 4.78 is 0. The zero-order valence-corrected chi connectivity index (χ0v) is 10.6. The minimum atomic E-state index is 0.126. The highest BCUT2D eigenvalue weighted by Gasteiger charge is 2.14. The third-order valence-corrected chi connectivity index (χ3v) is 3.25. The van der Waals surface area contributed by atoms with Crippen molar-refractivity contribution in [2.75, 3.05) is 0 Å². The molecule has 1 heterocycles. The summed E-state index contributed by atoms with van der Waals surface area (Å²) in [7, 11) is 0. The summed E-state index contributed by atoms with van der Waals surface area (Å²) in [6.45, 7) is 0. The smallest absolute Gasteiger partial charge is 0.0973 e. The summed E-state index contributed by atoms with van der Waals surface area (Å²) in [6, 6.07) is 20.8. The normalized spacial score (nSPS) is 18.2. The summed E-state index contributed by atoms with van der Waals surface area (Å²) in [5, 5.41) is 3.29. The fraction of sp³-hybridized carbons (Fsp3) is 0.0588. The van der Waals surface area contributed by atoms with Crippen molar-refractivity contribution in [2.45, 2.75) is 6.04 Å². The van der Waals surface area contributed by atoms with E-state index in [2.05, 4.69) is 35.7 Å². The van der Waals surface area contributed by atoms with Crippen LogP contribution >= 0.6 is 0 Å². The van der Waals surface area contributed by atoms with E-state index >= 15 is 0 Å². The van der Waals surface area contributed by atoms with Crippen LogP contribution in [0.2, 0.25) is 0 Å². The molecule has 3 rings (SSSR count). The van der Waals surface area contributed by atoms with Crippen molar-refractivity contribution in [3.8, 4) is 0 Å². The third kappa shape index (κ3) is 2.52. The fourth-order valence-electron chi connectivity index (χ4n) is 2.31. The predicted molar refractivity (Wildman–Crippen MR) is 79.0 cm³/mol. The van der Waals surface area contributed by atoms with Crippen LogP contribution in [-0.4, -0.2) is 0 Å². The summed E-state index contributed by atoms with van der Waals surface area (Å²) in [5.74, 6) is 0.704. The molecular formula is C17H16N2. The fourth-order valence-corrected chi connectivity index (χ4v) is 2.31. The van der Waals surface area contributed by atoms with Crippen molar-refractivity contribution in [2.24, 2.45) is 5.73 Å². The second-order valence-electron chi connectivity index (χ2n) is 4.62. The number of hydrogen-bond acceptors (Lipinski definition) is 2. The van der Waals surface area contributed by atoms with Gasteiger partial charge in [0.2, 0.25) is 0 Å². The minimum Gasteiger partial charge on any atom is -0.386 e. The van der Waals surface area contributed by atoms with Crippen molar-refractivity contribution in [1.29, 1.82) is 0 Å². The first-order chi connectivity index (χ1) is 9.33. The van der Waals surface area contributed by atoms with Crippen LogP contribution in [0.25, 0.3) is 5.57 Å². The SMILES string of the molecule is NC1=CC(c2ccccc2)=CC(c2ccccc2)N1. The highest BCUT2D eigenvalue weighted by Crippen LogP contribution is 2.26. The largest absolute Gasteiger partial charge is 0.386 e. The monoisotopic (exact) mass is 248 g/mol. The molecule has 1 atom stereocenters. The number of allylic oxidation sites excluding steroid dienone is 2. The summed E-state index contributed by atoms with van der Waals surface area (Å²) >= 11 is 0. The lowest BCUT2D eigenvalue weighted by atomic mass is 9.96. The number of hydrogen-bond donors (Lipinski definition) is 2. The Morgan fingerprint density at radius 3 is 2.16 bits per heavy atom. The molecule has 0 saturated heterocycles. The van der Waals surface area contributed by atoms with Crippen LogP contribution in [0.4, 0.5) is 0 Å². The van der Waals surface area contributed by atoms with Gasteiger partial charge in [0, 0.05) is 0 Å². The zero-order chi connectivity index (χ0) is 13.1. The van der Waals surface area contributed by atoms with Gasteiger partial charge in [0.1, 0.15) is 0 Å². The maximum atomic E-state index is 6.00. The first-order valence-corrected chi connectivity index (χ1v) is 6.39. The standard InChI is InChI=1S/C17H16N2/c18-17-12-15(13-7-3-1-4-8-13)11-16(19-17)14-9-5-2-6-10-14/h1-12,16,19H,18H2. The molecule has 3 N–H and O–H groups in total. The Balaban J connectivity index is 1.98. The summed E-state index contributed by atoms with van der Waals surface area (Å²) in [6.07, 6.45) is 4.19. The highest BCUT2D eigenvalue weighted by atomic mass is 15.0. The van der Waals surface area contributed by atoms with Crippen LogP contribution in [0.5, 0.6) is 0 Å². The molecule has 0 aliphatic carbocycles. The molecule has 0 bridgehead atoms. The van der Waals surface area contributed by atoms with Gasteiger partial charge in [-0.15, -0.1) is 0 Å². The van der Waals surface area contributed by atoms with E-state index in [1.807, 2.05) is 42.5 Å². The molecule has 2 aromatic rings. The van der Waals surface area contributed by atoms with Gasteiger partial charge in [-0.1, -0.05) is 60.7 Å². The molecule has 0 spiro atoms. The lowest BCUT2D eigenvalue weighted by Crippen LogP contribution is -2.27. The lowest BCUT2D eigenvalue weighted by Gasteiger charge is -2.23. The van der Waals surface area contributed by atoms with Gasteiger partial charge < -0.3 is 11.1 Å². The molecule has 0 radical (unpaired) electrons. The van der Waals surface area contributed by atoms with E-state index < -0.39 is 0 Å². The third-order valence-electron chi connectivity index (χ3n) is 3.25. The van der Waals surface area contributed by atoms with Crippen LogP contribution in [0.3, 0.4) is 0 Å². The molecule has 19 heavy (non-hydrogen) atoms. The van der Waals surface area contributed by atoms with Crippen molar-refractivity contribution in [3.63, 3.8) is 0 Å². The Morgan fingerprint density at radius 2 is 1.47 bits per heavy atom. The predicted octanol–water partition coefficient (Wildman–Crippen LogP) is 3.21. The van der Waals surface area contributed by atoms with Crippen LogP contribution < -0.4 is 11.1 Å². The number of dihydropyridines is 1.